The van der Waals surface area contributed by atoms with Crippen molar-refractivity contribution in [2.24, 2.45) is 0 Å². The second kappa shape index (κ2) is 8.13. The lowest BCUT2D eigenvalue weighted by Crippen LogP contribution is -2.12. The molecule has 3 aromatic carbocycles. The second-order valence-corrected chi connectivity index (χ2v) is 9.63. The Balaban J connectivity index is 1.69. The van der Waals surface area contributed by atoms with Crippen LogP contribution in [0.1, 0.15) is 24.4 Å². The molecule has 0 N–H and O–H groups in total. The van der Waals surface area contributed by atoms with E-state index in [0.29, 0.717) is 17.3 Å². The summed E-state index contributed by atoms with van der Waals surface area (Å²) < 4.78 is 31.6. The van der Waals surface area contributed by atoms with E-state index in [-0.39, 0.29) is 11.0 Å². The number of ether oxygens (including phenoxy) is 1. The van der Waals surface area contributed by atoms with Crippen molar-refractivity contribution in [1.29, 1.82) is 0 Å². The first-order chi connectivity index (χ1) is 14.3. The van der Waals surface area contributed by atoms with Crippen LogP contribution in [0.3, 0.4) is 0 Å². The number of benzene rings is 3. The Morgan fingerprint density at radius 3 is 2.40 bits per heavy atom. The molecule has 0 saturated heterocycles. The Bertz CT molecular complexity index is 1280. The predicted molar refractivity (Wildman–Crippen MR) is 119 cm³/mol. The van der Waals surface area contributed by atoms with Crippen LogP contribution < -0.4 is 4.74 Å². The van der Waals surface area contributed by atoms with Gasteiger partial charge < -0.3 is 9.30 Å². The van der Waals surface area contributed by atoms with Gasteiger partial charge in [0.05, 0.1) is 15.9 Å². The number of aromatic nitrogens is 2. The van der Waals surface area contributed by atoms with Gasteiger partial charge in [0, 0.05) is 17.8 Å². The zero-order valence-electron chi connectivity index (χ0n) is 16.6. The summed E-state index contributed by atoms with van der Waals surface area (Å²) in [6, 6.07) is 22.2. The van der Waals surface area contributed by atoms with E-state index in [1.54, 1.807) is 24.3 Å². The highest BCUT2D eigenvalue weighted by molar-refractivity contribution is 7.90. The summed E-state index contributed by atoms with van der Waals surface area (Å²) in [4.78, 5) is 5.04. The summed E-state index contributed by atoms with van der Waals surface area (Å²) in [5.74, 6) is 1.34. The minimum atomic E-state index is -3.25. The first kappa shape index (κ1) is 20.4. The maximum atomic E-state index is 11.7. The van der Waals surface area contributed by atoms with Crippen molar-refractivity contribution in [1.82, 2.24) is 9.55 Å². The van der Waals surface area contributed by atoms with E-state index in [2.05, 4.69) is 16.7 Å². The molecule has 1 atom stereocenters. The van der Waals surface area contributed by atoms with Crippen LogP contribution in [-0.4, -0.2) is 24.2 Å². The smallest absolute Gasteiger partial charge is 0.175 e. The summed E-state index contributed by atoms with van der Waals surface area (Å²) in [6.07, 6.45) is 0.826. The maximum absolute atomic E-state index is 11.7. The number of hydrogen-bond acceptors (Lipinski definition) is 4. The highest BCUT2D eigenvalue weighted by atomic mass is 35.5. The normalized spacial score (nSPS) is 12.8. The van der Waals surface area contributed by atoms with Gasteiger partial charge in [0.15, 0.2) is 21.8 Å². The van der Waals surface area contributed by atoms with E-state index in [1.165, 1.54) is 6.26 Å². The molecule has 4 rings (SSSR count). The number of rotatable bonds is 6. The van der Waals surface area contributed by atoms with Crippen LogP contribution in [0.25, 0.3) is 11.0 Å². The largest absolute Gasteiger partial charge is 0.483 e. The Morgan fingerprint density at radius 1 is 1.03 bits per heavy atom. The quantitative estimate of drug-likeness (QED) is 0.409. The second-order valence-electron chi connectivity index (χ2n) is 7.18. The van der Waals surface area contributed by atoms with Crippen LogP contribution in [0.2, 0.25) is 5.02 Å². The molecule has 154 valence electrons. The van der Waals surface area contributed by atoms with E-state index < -0.39 is 9.84 Å². The van der Waals surface area contributed by atoms with Crippen molar-refractivity contribution < 1.29 is 13.2 Å². The number of hydrogen-bond donors (Lipinski definition) is 0. The third kappa shape index (κ3) is 4.35. The number of sulfone groups is 1. The molecule has 0 amide bonds. The van der Waals surface area contributed by atoms with Crippen molar-refractivity contribution in [3.05, 3.63) is 89.2 Å². The van der Waals surface area contributed by atoms with Gasteiger partial charge in [0.2, 0.25) is 0 Å². The SMILES string of the molecule is CC(Oc1ccc(S(C)(=O)=O)cc1)c1nc2cc(Cl)ccc2n1Cc1ccccc1. The molecule has 0 spiro atoms. The lowest BCUT2D eigenvalue weighted by Gasteiger charge is -2.17. The molecule has 0 aliphatic carbocycles. The van der Waals surface area contributed by atoms with E-state index >= 15 is 0 Å². The zero-order valence-corrected chi connectivity index (χ0v) is 18.2. The van der Waals surface area contributed by atoms with Gasteiger partial charge in [0.1, 0.15) is 5.75 Å². The molecule has 0 aliphatic rings. The molecule has 4 aromatic rings. The van der Waals surface area contributed by atoms with Crippen molar-refractivity contribution in [3.63, 3.8) is 0 Å². The van der Waals surface area contributed by atoms with Crippen molar-refractivity contribution in [2.45, 2.75) is 24.5 Å². The Labute approximate surface area is 180 Å². The molecule has 0 aliphatic heterocycles. The summed E-state index contributed by atoms with van der Waals surface area (Å²) in [7, 11) is -3.25. The highest BCUT2D eigenvalue weighted by Crippen LogP contribution is 2.28. The molecule has 0 bridgehead atoms. The Morgan fingerprint density at radius 2 is 1.73 bits per heavy atom. The van der Waals surface area contributed by atoms with Crippen LogP contribution in [-0.2, 0) is 16.4 Å². The van der Waals surface area contributed by atoms with Gasteiger partial charge in [0.25, 0.3) is 0 Å². The van der Waals surface area contributed by atoms with E-state index in [9.17, 15) is 8.42 Å². The summed E-state index contributed by atoms with van der Waals surface area (Å²) in [5, 5.41) is 0.628. The molecule has 0 radical (unpaired) electrons. The summed E-state index contributed by atoms with van der Waals surface area (Å²) in [6.45, 7) is 2.57. The van der Waals surface area contributed by atoms with Crippen LogP contribution >= 0.6 is 11.6 Å². The Kier molecular flexibility index (Phi) is 5.54. The van der Waals surface area contributed by atoms with Gasteiger partial charge in [-0.05, 0) is 55.0 Å². The van der Waals surface area contributed by atoms with Gasteiger partial charge in [-0.1, -0.05) is 41.9 Å². The fourth-order valence-corrected chi connectivity index (χ4v) is 4.18. The lowest BCUT2D eigenvalue weighted by atomic mass is 10.2. The van der Waals surface area contributed by atoms with E-state index in [4.69, 9.17) is 21.3 Å². The minimum Gasteiger partial charge on any atom is -0.483 e. The van der Waals surface area contributed by atoms with Gasteiger partial charge in [-0.3, -0.25) is 0 Å². The number of fused-ring (bicyclic) bond motifs is 1. The molecule has 1 aromatic heterocycles. The van der Waals surface area contributed by atoms with Gasteiger partial charge in [-0.15, -0.1) is 0 Å². The average molecular weight is 441 g/mol. The first-order valence-corrected chi connectivity index (χ1v) is 11.7. The van der Waals surface area contributed by atoms with Crippen LogP contribution in [0.15, 0.2) is 77.7 Å². The minimum absolute atomic E-state index is 0.258. The van der Waals surface area contributed by atoms with Crippen molar-refractivity contribution in [2.75, 3.05) is 6.26 Å². The standard InChI is InChI=1S/C23H21ClN2O3S/c1-16(29-19-9-11-20(12-10-19)30(2,27)28)23-25-21-14-18(24)8-13-22(21)26(23)15-17-6-4-3-5-7-17/h3-14,16H,15H2,1-2H3. The molecule has 30 heavy (non-hydrogen) atoms. The average Bonchev–Trinajstić information content (AvgIpc) is 3.06. The summed E-state index contributed by atoms with van der Waals surface area (Å²) >= 11 is 6.17. The third-order valence-corrected chi connectivity index (χ3v) is 6.22. The molecule has 1 heterocycles. The Hall–Kier alpha value is -2.83. The summed E-state index contributed by atoms with van der Waals surface area (Å²) in [5.41, 5.74) is 2.93. The molecular formula is C23H21ClN2O3S. The van der Waals surface area contributed by atoms with Crippen LogP contribution in [0.4, 0.5) is 0 Å². The van der Waals surface area contributed by atoms with Gasteiger partial charge in [-0.2, -0.15) is 0 Å². The monoisotopic (exact) mass is 440 g/mol. The van der Waals surface area contributed by atoms with Gasteiger partial charge in [-0.25, -0.2) is 13.4 Å². The molecule has 0 saturated carbocycles. The molecule has 7 heteroatoms. The van der Waals surface area contributed by atoms with Crippen molar-refractivity contribution >= 4 is 32.5 Å². The fourth-order valence-electron chi connectivity index (χ4n) is 3.39. The van der Waals surface area contributed by atoms with Crippen LogP contribution in [0.5, 0.6) is 5.75 Å². The number of halogens is 1. The maximum Gasteiger partial charge on any atom is 0.175 e. The first-order valence-electron chi connectivity index (χ1n) is 9.47. The highest BCUT2D eigenvalue weighted by Gasteiger charge is 2.19. The zero-order chi connectivity index (χ0) is 21.3. The topological polar surface area (TPSA) is 61.2 Å². The third-order valence-electron chi connectivity index (χ3n) is 4.85. The van der Waals surface area contributed by atoms with Crippen molar-refractivity contribution in [3.8, 4) is 5.75 Å². The van der Waals surface area contributed by atoms with Crippen LogP contribution in [0, 0.1) is 0 Å². The predicted octanol–water partition coefficient (Wildman–Crippen LogP) is 5.28. The molecule has 0 fully saturated rings. The number of nitrogens with zero attached hydrogens (tertiary/aromatic N) is 2. The lowest BCUT2D eigenvalue weighted by molar-refractivity contribution is 0.212. The molecular weight excluding hydrogens is 420 g/mol. The van der Waals surface area contributed by atoms with Gasteiger partial charge >= 0.3 is 0 Å². The van der Waals surface area contributed by atoms with E-state index in [1.807, 2.05) is 43.3 Å². The number of imidazole rings is 1. The van der Waals surface area contributed by atoms with E-state index in [0.717, 1.165) is 22.4 Å². The molecule has 1 unspecified atom stereocenters. The fraction of sp³-hybridized carbons (Fsp3) is 0.174. The molecule has 5 nitrogen and oxygen atoms in total.